The molecule has 5 nitrogen and oxygen atoms in total. The van der Waals surface area contributed by atoms with Crippen molar-refractivity contribution in [3.05, 3.63) is 100 Å². The van der Waals surface area contributed by atoms with Crippen molar-refractivity contribution in [3.8, 4) is 0 Å². The van der Waals surface area contributed by atoms with Crippen LogP contribution in [0.1, 0.15) is 16.7 Å². The molecule has 1 N–H and O–H groups in total. The molecule has 0 fully saturated rings. The molecule has 3 aromatic carbocycles. The van der Waals surface area contributed by atoms with Gasteiger partial charge in [-0.2, -0.15) is 4.31 Å². The van der Waals surface area contributed by atoms with Crippen LogP contribution in [0.15, 0.2) is 88.2 Å². The van der Waals surface area contributed by atoms with Gasteiger partial charge in [0.25, 0.3) is 0 Å². The Balaban J connectivity index is 1.77. The fourth-order valence-electron chi connectivity index (χ4n) is 2.89. The molecule has 0 heterocycles. The number of nitrogens with zero attached hydrogens (tertiary/aromatic N) is 1. The van der Waals surface area contributed by atoms with Crippen molar-refractivity contribution >= 4 is 31.9 Å². The van der Waals surface area contributed by atoms with E-state index in [1.54, 1.807) is 12.1 Å². The van der Waals surface area contributed by atoms with Gasteiger partial charge >= 0.3 is 0 Å². The van der Waals surface area contributed by atoms with Gasteiger partial charge in [0.2, 0.25) is 15.9 Å². The zero-order chi connectivity index (χ0) is 21.6. The summed E-state index contributed by atoms with van der Waals surface area (Å²) in [6.45, 7) is 2.18. The molecule has 7 heteroatoms. The van der Waals surface area contributed by atoms with Crippen LogP contribution in [0, 0.1) is 6.92 Å². The third-order valence-electron chi connectivity index (χ3n) is 4.58. The van der Waals surface area contributed by atoms with E-state index in [0.29, 0.717) is 6.54 Å². The Morgan fingerprint density at radius 1 is 0.900 bits per heavy atom. The number of amides is 1. The minimum atomic E-state index is -3.85. The van der Waals surface area contributed by atoms with E-state index in [4.69, 9.17) is 0 Å². The summed E-state index contributed by atoms with van der Waals surface area (Å²) in [5.74, 6) is -0.354. The Morgan fingerprint density at radius 3 is 2.17 bits per heavy atom. The standard InChI is InChI=1S/C23H23BrN2O3S/c1-18-7-9-19(10-8-18)15-25-23(27)17-26(16-20-5-3-2-4-6-20)30(28,29)22-13-11-21(24)12-14-22/h2-14H,15-17H2,1H3,(H,25,27). The number of hydrogen-bond acceptors (Lipinski definition) is 3. The first-order valence-corrected chi connectivity index (χ1v) is 11.7. The first-order chi connectivity index (χ1) is 14.3. The van der Waals surface area contributed by atoms with E-state index in [-0.39, 0.29) is 23.9 Å². The van der Waals surface area contributed by atoms with E-state index in [1.165, 1.54) is 16.4 Å². The molecular weight excluding hydrogens is 464 g/mol. The van der Waals surface area contributed by atoms with Gasteiger partial charge in [-0.3, -0.25) is 4.79 Å². The average molecular weight is 487 g/mol. The molecule has 0 aliphatic heterocycles. The Kier molecular flexibility index (Phi) is 7.42. The predicted octanol–water partition coefficient (Wildman–Crippen LogP) is 4.26. The number of rotatable bonds is 8. The Bertz CT molecular complexity index is 1080. The van der Waals surface area contributed by atoms with E-state index < -0.39 is 10.0 Å². The third-order valence-corrected chi connectivity index (χ3v) is 6.92. The lowest BCUT2D eigenvalue weighted by Gasteiger charge is -2.22. The van der Waals surface area contributed by atoms with Gasteiger partial charge in [0.1, 0.15) is 0 Å². The molecule has 0 unspecified atom stereocenters. The molecule has 0 bridgehead atoms. The minimum Gasteiger partial charge on any atom is -0.351 e. The second kappa shape index (κ2) is 10.0. The highest BCUT2D eigenvalue weighted by molar-refractivity contribution is 9.10. The van der Waals surface area contributed by atoms with Crippen molar-refractivity contribution in [3.63, 3.8) is 0 Å². The molecule has 156 valence electrons. The van der Waals surface area contributed by atoms with Gasteiger partial charge in [-0.05, 0) is 42.3 Å². The molecule has 3 aromatic rings. The Hall–Kier alpha value is -2.48. The average Bonchev–Trinajstić information content (AvgIpc) is 2.74. The number of sulfonamides is 1. The summed E-state index contributed by atoms with van der Waals surface area (Å²) in [6, 6.07) is 23.5. The zero-order valence-electron chi connectivity index (χ0n) is 16.6. The number of carbonyl (C=O) groups is 1. The molecule has 1 amide bonds. The maximum absolute atomic E-state index is 13.2. The van der Waals surface area contributed by atoms with E-state index in [9.17, 15) is 13.2 Å². The van der Waals surface area contributed by atoms with E-state index in [2.05, 4.69) is 21.2 Å². The van der Waals surface area contributed by atoms with Gasteiger partial charge in [-0.15, -0.1) is 0 Å². The number of aryl methyl sites for hydroxylation is 1. The van der Waals surface area contributed by atoms with Crippen molar-refractivity contribution in [2.75, 3.05) is 6.54 Å². The lowest BCUT2D eigenvalue weighted by Crippen LogP contribution is -2.40. The van der Waals surface area contributed by atoms with Crippen LogP contribution in [0.2, 0.25) is 0 Å². The fourth-order valence-corrected chi connectivity index (χ4v) is 4.54. The van der Waals surface area contributed by atoms with Crippen molar-refractivity contribution in [2.45, 2.75) is 24.9 Å². The highest BCUT2D eigenvalue weighted by Gasteiger charge is 2.26. The predicted molar refractivity (Wildman–Crippen MR) is 121 cm³/mol. The van der Waals surface area contributed by atoms with E-state index in [1.807, 2.05) is 61.5 Å². The van der Waals surface area contributed by atoms with Crippen molar-refractivity contribution in [1.29, 1.82) is 0 Å². The van der Waals surface area contributed by atoms with Gasteiger partial charge < -0.3 is 5.32 Å². The number of nitrogens with one attached hydrogen (secondary N) is 1. The molecule has 0 radical (unpaired) electrons. The Morgan fingerprint density at radius 2 is 1.53 bits per heavy atom. The number of hydrogen-bond donors (Lipinski definition) is 1. The lowest BCUT2D eigenvalue weighted by molar-refractivity contribution is -0.121. The maximum Gasteiger partial charge on any atom is 0.243 e. The SMILES string of the molecule is Cc1ccc(CNC(=O)CN(Cc2ccccc2)S(=O)(=O)c2ccc(Br)cc2)cc1. The molecule has 0 saturated carbocycles. The highest BCUT2D eigenvalue weighted by Crippen LogP contribution is 2.20. The summed E-state index contributed by atoms with van der Waals surface area (Å²) in [5.41, 5.74) is 2.91. The lowest BCUT2D eigenvalue weighted by atomic mass is 10.1. The van der Waals surface area contributed by atoms with Crippen molar-refractivity contribution < 1.29 is 13.2 Å². The topological polar surface area (TPSA) is 66.5 Å². The quantitative estimate of drug-likeness (QED) is 0.516. The van der Waals surface area contributed by atoms with Crippen LogP contribution < -0.4 is 5.32 Å². The first-order valence-electron chi connectivity index (χ1n) is 9.46. The van der Waals surface area contributed by atoms with E-state index >= 15 is 0 Å². The normalized spacial score (nSPS) is 11.4. The van der Waals surface area contributed by atoms with Crippen LogP contribution in [-0.2, 0) is 27.9 Å². The smallest absolute Gasteiger partial charge is 0.243 e. The van der Waals surface area contributed by atoms with Gasteiger partial charge in [-0.1, -0.05) is 76.1 Å². The van der Waals surface area contributed by atoms with Gasteiger partial charge in [0.05, 0.1) is 11.4 Å². The third kappa shape index (κ3) is 6.01. The largest absolute Gasteiger partial charge is 0.351 e. The van der Waals surface area contributed by atoms with Crippen LogP contribution in [0.25, 0.3) is 0 Å². The van der Waals surface area contributed by atoms with Crippen LogP contribution in [-0.4, -0.2) is 25.2 Å². The fraction of sp³-hybridized carbons (Fsp3) is 0.174. The minimum absolute atomic E-state index is 0.108. The van der Waals surface area contributed by atoms with Crippen LogP contribution in [0.5, 0.6) is 0 Å². The van der Waals surface area contributed by atoms with Gasteiger partial charge in [0, 0.05) is 17.6 Å². The van der Waals surface area contributed by atoms with Gasteiger partial charge in [0.15, 0.2) is 0 Å². The summed E-state index contributed by atoms with van der Waals surface area (Å²) >= 11 is 3.32. The molecule has 0 aromatic heterocycles. The molecular formula is C23H23BrN2O3S. The molecule has 0 spiro atoms. The summed E-state index contributed by atoms with van der Waals surface area (Å²) in [7, 11) is -3.85. The molecule has 30 heavy (non-hydrogen) atoms. The molecule has 0 aliphatic carbocycles. The van der Waals surface area contributed by atoms with Crippen LogP contribution in [0.4, 0.5) is 0 Å². The first kappa shape index (κ1) is 22.2. The van der Waals surface area contributed by atoms with E-state index in [0.717, 1.165) is 21.2 Å². The van der Waals surface area contributed by atoms with Crippen molar-refractivity contribution in [1.82, 2.24) is 9.62 Å². The zero-order valence-corrected chi connectivity index (χ0v) is 19.0. The molecule has 0 aliphatic rings. The maximum atomic E-state index is 13.2. The molecule has 3 rings (SSSR count). The summed E-state index contributed by atoms with van der Waals surface area (Å²) < 4.78 is 28.4. The monoisotopic (exact) mass is 486 g/mol. The highest BCUT2D eigenvalue weighted by atomic mass is 79.9. The molecule has 0 atom stereocenters. The Labute approximate surface area is 185 Å². The number of carbonyl (C=O) groups excluding carboxylic acids is 1. The van der Waals surface area contributed by atoms with Crippen LogP contribution >= 0.6 is 15.9 Å². The number of halogens is 1. The summed E-state index contributed by atoms with van der Waals surface area (Å²) in [6.07, 6.45) is 0. The second-order valence-corrected chi connectivity index (χ2v) is 9.83. The van der Waals surface area contributed by atoms with Crippen molar-refractivity contribution in [2.24, 2.45) is 0 Å². The van der Waals surface area contributed by atoms with Gasteiger partial charge in [-0.25, -0.2) is 8.42 Å². The second-order valence-electron chi connectivity index (χ2n) is 6.97. The molecule has 0 saturated heterocycles. The van der Waals surface area contributed by atoms with Crippen LogP contribution in [0.3, 0.4) is 0 Å². The number of benzene rings is 3. The summed E-state index contributed by atoms with van der Waals surface area (Å²) in [5, 5.41) is 2.81. The summed E-state index contributed by atoms with van der Waals surface area (Å²) in [4.78, 5) is 12.7.